The molecule has 0 aliphatic rings. The van der Waals surface area contributed by atoms with Gasteiger partial charge in [-0.05, 0) is 47.9 Å². The largest absolute Gasteiger partial charge is 0.463 e. The van der Waals surface area contributed by atoms with Crippen LogP contribution in [0.4, 0.5) is 13.2 Å². The van der Waals surface area contributed by atoms with Crippen LogP contribution < -0.4 is 0 Å². The van der Waals surface area contributed by atoms with Gasteiger partial charge in [0.2, 0.25) is 0 Å². The first-order valence-corrected chi connectivity index (χ1v) is 10.9. The summed E-state index contributed by atoms with van der Waals surface area (Å²) in [6.07, 6.45) is -3.57. The van der Waals surface area contributed by atoms with Crippen LogP contribution >= 0.6 is 0 Å². The third-order valence-electron chi connectivity index (χ3n) is 4.26. The van der Waals surface area contributed by atoms with Gasteiger partial charge in [-0.2, -0.15) is 13.2 Å². The van der Waals surface area contributed by atoms with Crippen LogP contribution in [0.1, 0.15) is 30.0 Å². The van der Waals surface area contributed by atoms with Gasteiger partial charge in [-0.15, -0.1) is 0 Å². The zero-order valence-electron chi connectivity index (χ0n) is 16.4. The number of hydrogen-bond acceptors (Lipinski definition) is 5. The number of carbonyl (C=O) groups excluding carboxylic acids is 1. The summed E-state index contributed by atoms with van der Waals surface area (Å²) in [4.78, 5) is 12.6. The number of hydrogen-bond donors (Lipinski definition) is 1. The first kappa shape index (κ1) is 23.6. The first-order valence-electron chi connectivity index (χ1n) is 8.98. The van der Waals surface area contributed by atoms with Crippen molar-refractivity contribution in [3.63, 3.8) is 0 Å². The summed E-state index contributed by atoms with van der Waals surface area (Å²) in [5.41, 5.74) is 0.186. The molecule has 0 fully saturated rings. The highest BCUT2D eigenvalue weighted by molar-refractivity contribution is 7.90. The Kier molecular flexibility index (Phi) is 7.44. The van der Waals surface area contributed by atoms with E-state index < -0.39 is 27.5 Å². The van der Waals surface area contributed by atoms with Crippen molar-refractivity contribution in [2.24, 2.45) is 0 Å². The summed E-state index contributed by atoms with van der Waals surface area (Å²) in [6.45, 7) is 1.29. The van der Waals surface area contributed by atoms with Crippen LogP contribution in [0, 0.1) is 0 Å². The van der Waals surface area contributed by atoms with Crippen LogP contribution in [-0.2, 0) is 25.5 Å². The molecule has 0 aromatic heterocycles. The third kappa shape index (κ3) is 5.70. The van der Waals surface area contributed by atoms with Gasteiger partial charge in [0.25, 0.3) is 0 Å². The number of alkyl halides is 3. The maximum atomic E-state index is 12.9. The molecule has 0 spiro atoms. The Morgan fingerprint density at radius 3 is 1.90 bits per heavy atom. The van der Waals surface area contributed by atoms with E-state index in [2.05, 4.69) is 0 Å². The number of aliphatic hydroxyl groups excluding tert-OH is 1. The Morgan fingerprint density at radius 1 is 1.00 bits per heavy atom. The fraction of sp³-hybridized carbons (Fsp3) is 0.286. The molecule has 0 aliphatic heterocycles. The molecule has 0 radical (unpaired) electrons. The molecule has 0 unspecified atom stereocenters. The van der Waals surface area contributed by atoms with Crippen molar-refractivity contribution >= 4 is 21.4 Å². The molecule has 0 amide bonds. The fourth-order valence-electron chi connectivity index (χ4n) is 2.87. The topological polar surface area (TPSA) is 80.7 Å². The third-order valence-corrected chi connectivity index (χ3v) is 5.39. The van der Waals surface area contributed by atoms with Gasteiger partial charge in [-0.3, -0.25) is 0 Å². The Morgan fingerprint density at radius 2 is 1.50 bits per heavy atom. The summed E-state index contributed by atoms with van der Waals surface area (Å²) in [5.74, 6) is -0.714. The van der Waals surface area contributed by atoms with E-state index in [4.69, 9.17) is 4.74 Å². The molecule has 1 N–H and O–H groups in total. The highest BCUT2D eigenvalue weighted by Gasteiger charge is 2.30. The SMILES string of the molecule is CCOC(=O)C(CCO)=C(c1ccc(C(F)(F)F)cc1)c1ccc(S(C)(=O)=O)cc1. The number of halogens is 3. The van der Waals surface area contributed by atoms with Gasteiger partial charge in [0.05, 0.1) is 17.1 Å². The van der Waals surface area contributed by atoms with Gasteiger partial charge in [0.1, 0.15) is 0 Å². The Bertz CT molecular complexity index is 1020. The molecule has 2 aromatic carbocycles. The predicted molar refractivity (Wildman–Crippen MR) is 105 cm³/mol. The monoisotopic (exact) mass is 442 g/mol. The van der Waals surface area contributed by atoms with E-state index in [1.807, 2.05) is 0 Å². The van der Waals surface area contributed by atoms with Gasteiger partial charge in [-0.25, -0.2) is 13.2 Å². The maximum absolute atomic E-state index is 12.9. The average molecular weight is 442 g/mol. The zero-order chi connectivity index (χ0) is 22.5. The Labute approximate surface area is 172 Å². The van der Waals surface area contributed by atoms with E-state index in [-0.39, 0.29) is 35.7 Å². The van der Waals surface area contributed by atoms with Gasteiger partial charge < -0.3 is 9.84 Å². The minimum absolute atomic E-state index is 0.0536. The first-order chi connectivity index (χ1) is 14.0. The second-order valence-electron chi connectivity index (χ2n) is 6.42. The highest BCUT2D eigenvalue weighted by Crippen LogP contribution is 2.34. The number of sulfone groups is 1. The van der Waals surface area contributed by atoms with E-state index in [1.54, 1.807) is 6.92 Å². The summed E-state index contributed by atoms with van der Waals surface area (Å²) < 4.78 is 67.3. The van der Waals surface area contributed by atoms with Gasteiger partial charge in [-0.1, -0.05) is 24.3 Å². The van der Waals surface area contributed by atoms with Crippen molar-refractivity contribution in [2.75, 3.05) is 19.5 Å². The average Bonchev–Trinajstić information content (AvgIpc) is 2.67. The molecule has 2 aromatic rings. The minimum atomic E-state index is -4.52. The van der Waals surface area contributed by atoms with Gasteiger partial charge >= 0.3 is 12.1 Å². The number of esters is 1. The van der Waals surface area contributed by atoms with Crippen molar-refractivity contribution in [3.8, 4) is 0 Å². The van der Waals surface area contributed by atoms with Crippen LogP contribution in [0.5, 0.6) is 0 Å². The number of carbonyl (C=O) groups is 1. The van der Waals surface area contributed by atoms with Crippen molar-refractivity contribution in [3.05, 3.63) is 70.8 Å². The van der Waals surface area contributed by atoms with Gasteiger partial charge in [0.15, 0.2) is 9.84 Å². The molecular formula is C21H21F3O5S. The van der Waals surface area contributed by atoms with E-state index in [0.717, 1.165) is 18.4 Å². The van der Waals surface area contributed by atoms with E-state index in [0.29, 0.717) is 11.1 Å². The van der Waals surface area contributed by atoms with Crippen LogP contribution in [-0.4, -0.2) is 39.0 Å². The number of ether oxygens (including phenoxy) is 1. The molecule has 2 rings (SSSR count). The lowest BCUT2D eigenvalue weighted by Gasteiger charge is -2.16. The fourth-order valence-corrected chi connectivity index (χ4v) is 3.50. The lowest BCUT2D eigenvalue weighted by Crippen LogP contribution is -2.12. The van der Waals surface area contributed by atoms with Crippen LogP contribution in [0.3, 0.4) is 0 Å². The lowest BCUT2D eigenvalue weighted by atomic mass is 9.91. The minimum Gasteiger partial charge on any atom is -0.463 e. The van der Waals surface area contributed by atoms with Crippen LogP contribution in [0.2, 0.25) is 0 Å². The van der Waals surface area contributed by atoms with E-state index in [9.17, 15) is 31.5 Å². The van der Waals surface area contributed by atoms with Crippen molar-refractivity contribution < 1.29 is 36.2 Å². The summed E-state index contributed by atoms with van der Waals surface area (Å²) in [6, 6.07) is 9.83. The van der Waals surface area contributed by atoms with E-state index >= 15 is 0 Å². The molecular weight excluding hydrogens is 421 g/mol. The Hall–Kier alpha value is -2.65. The lowest BCUT2D eigenvalue weighted by molar-refractivity contribution is -0.139. The van der Waals surface area contributed by atoms with Gasteiger partial charge in [0, 0.05) is 24.9 Å². The smallest absolute Gasteiger partial charge is 0.416 e. The molecule has 0 bridgehead atoms. The second kappa shape index (κ2) is 9.44. The van der Waals surface area contributed by atoms with Crippen molar-refractivity contribution in [1.82, 2.24) is 0 Å². The molecule has 162 valence electrons. The molecule has 0 saturated carbocycles. The number of aliphatic hydroxyl groups is 1. The quantitative estimate of drug-likeness (QED) is 0.520. The van der Waals surface area contributed by atoms with E-state index in [1.165, 1.54) is 36.4 Å². The van der Waals surface area contributed by atoms with Crippen molar-refractivity contribution in [1.29, 1.82) is 0 Å². The molecule has 5 nitrogen and oxygen atoms in total. The molecule has 0 atom stereocenters. The Balaban J connectivity index is 2.71. The standard InChI is InChI=1S/C21H21F3O5S/c1-3-29-20(26)18(12-13-25)19(14-4-8-16(9-5-14)21(22,23)24)15-6-10-17(11-7-15)30(2,27)28/h4-11,25H,3,12-13H2,1-2H3. The molecule has 9 heteroatoms. The predicted octanol–water partition coefficient (Wildman–Crippen LogP) is 3.86. The summed E-state index contributed by atoms with van der Waals surface area (Å²) in [5, 5.41) is 9.43. The molecule has 30 heavy (non-hydrogen) atoms. The number of rotatable bonds is 7. The zero-order valence-corrected chi connectivity index (χ0v) is 17.2. The normalized spacial score (nSPS) is 13.0. The molecule has 0 saturated heterocycles. The molecule has 0 aliphatic carbocycles. The summed E-state index contributed by atoms with van der Waals surface area (Å²) >= 11 is 0. The highest BCUT2D eigenvalue weighted by atomic mass is 32.2. The second-order valence-corrected chi connectivity index (χ2v) is 8.44. The van der Waals surface area contributed by atoms with Crippen molar-refractivity contribution in [2.45, 2.75) is 24.4 Å². The van der Waals surface area contributed by atoms with Crippen LogP contribution in [0.25, 0.3) is 5.57 Å². The molecule has 0 heterocycles. The van der Waals surface area contributed by atoms with Crippen LogP contribution in [0.15, 0.2) is 59.0 Å². The summed E-state index contributed by atoms with van der Waals surface area (Å²) in [7, 11) is -3.46. The maximum Gasteiger partial charge on any atom is 0.416 e. The number of benzene rings is 2.